The molecule has 0 fully saturated rings. The minimum absolute atomic E-state index is 0.620. The molecule has 0 amide bonds. The Balaban J connectivity index is 2.39. The lowest BCUT2D eigenvalue weighted by atomic mass is 10.1. The van der Waals surface area contributed by atoms with E-state index in [1.807, 2.05) is 12.1 Å². The molecule has 90 valence electrons. The van der Waals surface area contributed by atoms with E-state index in [2.05, 4.69) is 32.0 Å². The second kappa shape index (κ2) is 4.18. The normalized spacial score (nSPS) is 11.2. The molecule has 1 aliphatic carbocycles. The summed E-state index contributed by atoms with van der Waals surface area (Å²) in [5.41, 5.74) is 4.35. The number of aromatic nitrogens is 1. The molecule has 18 heavy (non-hydrogen) atoms. The van der Waals surface area contributed by atoms with Crippen LogP contribution in [0.2, 0.25) is 0 Å². The van der Waals surface area contributed by atoms with Crippen LogP contribution in [0.15, 0.2) is 30.3 Å². The van der Waals surface area contributed by atoms with Gasteiger partial charge in [-0.2, -0.15) is 0 Å². The second-order valence-electron chi connectivity index (χ2n) is 4.52. The van der Waals surface area contributed by atoms with Gasteiger partial charge in [-0.05, 0) is 48.7 Å². The highest BCUT2D eigenvalue weighted by atomic mass is 32.1. The maximum atomic E-state index is 7.98. The van der Waals surface area contributed by atoms with Crippen LogP contribution in [0.1, 0.15) is 18.1 Å². The molecule has 0 atom stereocenters. The van der Waals surface area contributed by atoms with Crippen LogP contribution in [0.5, 0.6) is 0 Å². The van der Waals surface area contributed by atoms with E-state index in [1.54, 1.807) is 11.3 Å². The minimum Gasteiger partial charge on any atom is -0.301 e. The number of aryl methyl sites for hydroxylation is 2. The average molecular weight is 254 g/mol. The third-order valence-corrected chi connectivity index (χ3v) is 4.24. The zero-order valence-corrected chi connectivity index (χ0v) is 11.3. The molecule has 3 rings (SSSR count). The summed E-state index contributed by atoms with van der Waals surface area (Å²) >= 11 is 1.72. The standard InChI is InChI=1S/C15H14N2S/c1-3-10-7-13-15(8-11(10)16)18-14-6-9(2)4-5-12(14)17-13/h4-8,16H,3H2,1-2H3. The van der Waals surface area contributed by atoms with Crippen LogP contribution in [0.4, 0.5) is 0 Å². The van der Waals surface area contributed by atoms with Gasteiger partial charge >= 0.3 is 0 Å². The van der Waals surface area contributed by atoms with E-state index >= 15 is 0 Å². The zero-order chi connectivity index (χ0) is 12.7. The summed E-state index contributed by atoms with van der Waals surface area (Å²) in [5, 5.41) is 8.60. The lowest BCUT2D eigenvalue weighted by Gasteiger charge is -2.08. The molecule has 2 nitrogen and oxygen atoms in total. The van der Waals surface area contributed by atoms with Crippen LogP contribution in [0.3, 0.4) is 0 Å². The Kier molecular flexibility index (Phi) is 2.63. The quantitative estimate of drug-likeness (QED) is 0.660. The van der Waals surface area contributed by atoms with Crippen molar-refractivity contribution in [1.82, 2.24) is 4.98 Å². The van der Waals surface area contributed by atoms with Crippen molar-refractivity contribution in [3.05, 3.63) is 46.8 Å². The summed E-state index contributed by atoms with van der Waals surface area (Å²) in [6, 6.07) is 10.3. The molecule has 1 aromatic carbocycles. The van der Waals surface area contributed by atoms with E-state index in [0.29, 0.717) is 5.36 Å². The number of benzene rings is 2. The van der Waals surface area contributed by atoms with Gasteiger partial charge in [-0.25, -0.2) is 4.98 Å². The van der Waals surface area contributed by atoms with E-state index < -0.39 is 0 Å². The third kappa shape index (κ3) is 1.81. The van der Waals surface area contributed by atoms with Crippen molar-refractivity contribution in [3.63, 3.8) is 0 Å². The predicted octanol–water partition coefficient (Wildman–Crippen LogP) is 3.75. The van der Waals surface area contributed by atoms with E-state index in [4.69, 9.17) is 10.4 Å². The Morgan fingerprint density at radius 1 is 1.22 bits per heavy atom. The number of hydrogen-bond acceptors (Lipinski definition) is 3. The van der Waals surface area contributed by atoms with Gasteiger partial charge in [-0.15, -0.1) is 11.3 Å². The molecule has 3 heteroatoms. The molecule has 0 radical (unpaired) electrons. The minimum atomic E-state index is 0.620. The first-order valence-electron chi connectivity index (χ1n) is 6.06. The van der Waals surface area contributed by atoms with E-state index in [9.17, 15) is 0 Å². The van der Waals surface area contributed by atoms with Gasteiger partial charge in [-0.1, -0.05) is 13.0 Å². The Morgan fingerprint density at radius 3 is 2.83 bits per heavy atom. The van der Waals surface area contributed by atoms with Crippen LogP contribution < -0.4 is 5.36 Å². The molecule has 0 aromatic heterocycles. The summed E-state index contributed by atoms with van der Waals surface area (Å²) < 4.78 is 1.19. The topological polar surface area (TPSA) is 36.7 Å². The highest BCUT2D eigenvalue weighted by Crippen LogP contribution is 2.30. The Bertz CT molecular complexity index is 758. The molecule has 0 unspecified atom stereocenters. The molecule has 0 bridgehead atoms. The molecular formula is C15H14N2S. The van der Waals surface area contributed by atoms with Crippen LogP contribution in [-0.4, -0.2) is 4.98 Å². The van der Waals surface area contributed by atoms with Crippen molar-refractivity contribution >= 4 is 21.6 Å². The zero-order valence-electron chi connectivity index (χ0n) is 10.4. The summed E-state index contributed by atoms with van der Waals surface area (Å²) in [4.78, 5) is 5.79. The Morgan fingerprint density at radius 2 is 2.06 bits per heavy atom. The maximum absolute atomic E-state index is 7.98. The van der Waals surface area contributed by atoms with Gasteiger partial charge in [0.25, 0.3) is 0 Å². The largest absolute Gasteiger partial charge is 0.301 e. The molecule has 0 spiro atoms. The molecule has 1 heterocycles. The molecule has 0 saturated heterocycles. The van der Waals surface area contributed by atoms with E-state index in [1.165, 1.54) is 10.3 Å². The van der Waals surface area contributed by atoms with Gasteiger partial charge in [0.1, 0.15) is 0 Å². The van der Waals surface area contributed by atoms with Crippen LogP contribution >= 0.6 is 11.3 Å². The van der Waals surface area contributed by atoms with Crippen molar-refractivity contribution in [3.8, 4) is 10.6 Å². The maximum Gasteiger partial charge on any atom is 0.0814 e. The fourth-order valence-corrected chi connectivity index (χ4v) is 3.20. The van der Waals surface area contributed by atoms with Crippen molar-refractivity contribution in [1.29, 1.82) is 5.41 Å². The van der Waals surface area contributed by atoms with Crippen molar-refractivity contribution in [2.75, 3.05) is 0 Å². The number of fused-ring (bicyclic) bond motifs is 2. The van der Waals surface area contributed by atoms with Gasteiger partial charge in [0.05, 0.1) is 26.1 Å². The summed E-state index contributed by atoms with van der Waals surface area (Å²) in [6.07, 6.45) is 0.882. The van der Waals surface area contributed by atoms with Gasteiger partial charge in [0, 0.05) is 0 Å². The van der Waals surface area contributed by atoms with Crippen LogP contribution in [0, 0.1) is 12.3 Å². The van der Waals surface area contributed by atoms with Crippen molar-refractivity contribution in [2.45, 2.75) is 20.3 Å². The highest BCUT2D eigenvalue weighted by Gasteiger charge is 2.09. The summed E-state index contributed by atoms with van der Waals surface area (Å²) in [5.74, 6) is 0. The molecule has 2 aliphatic rings. The fraction of sp³-hybridized carbons (Fsp3) is 0.200. The van der Waals surface area contributed by atoms with E-state index in [-0.39, 0.29) is 0 Å². The molecule has 1 aromatic rings. The first kappa shape index (κ1) is 11.4. The van der Waals surface area contributed by atoms with Crippen LogP contribution in [0.25, 0.3) is 20.8 Å². The Labute approximate surface area is 110 Å². The molecule has 1 N–H and O–H groups in total. The van der Waals surface area contributed by atoms with Crippen molar-refractivity contribution < 1.29 is 0 Å². The first-order valence-corrected chi connectivity index (χ1v) is 6.88. The number of rotatable bonds is 1. The lowest BCUT2D eigenvalue weighted by Crippen LogP contribution is -2.07. The third-order valence-electron chi connectivity index (χ3n) is 3.14. The molecule has 1 aliphatic heterocycles. The fourth-order valence-electron chi connectivity index (χ4n) is 2.12. The smallest absolute Gasteiger partial charge is 0.0814 e. The van der Waals surface area contributed by atoms with Crippen LogP contribution in [-0.2, 0) is 6.42 Å². The second-order valence-corrected chi connectivity index (χ2v) is 5.60. The van der Waals surface area contributed by atoms with Gasteiger partial charge in [-0.3, -0.25) is 0 Å². The number of nitrogens with one attached hydrogen (secondary N) is 1. The average Bonchev–Trinajstić information content (AvgIpc) is 2.35. The Hall–Kier alpha value is -1.74. The van der Waals surface area contributed by atoms with E-state index in [0.717, 1.165) is 28.1 Å². The monoisotopic (exact) mass is 254 g/mol. The van der Waals surface area contributed by atoms with Gasteiger partial charge in [0.15, 0.2) is 0 Å². The van der Waals surface area contributed by atoms with Gasteiger partial charge in [0.2, 0.25) is 0 Å². The SMILES string of the molecule is CCc1cc2nc3ccc(C)cc3sc-2cc1=N. The number of nitrogens with zero attached hydrogens (tertiary/aromatic N) is 1. The number of hydrogen-bond donors (Lipinski definition) is 1. The summed E-state index contributed by atoms with van der Waals surface area (Å²) in [7, 11) is 0. The highest BCUT2D eigenvalue weighted by molar-refractivity contribution is 7.21. The lowest BCUT2D eigenvalue weighted by molar-refractivity contribution is 1.07. The predicted molar refractivity (Wildman–Crippen MR) is 76.2 cm³/mol. The van der Waals surface area contributed by atoms with Gasteiger partial charge < -0.3 is 5.41 Å². The van der Waals surface area contributed by atoms with Crippen molar-refractivity contribution in [2.24, 2.45) is 0 Å². The molecular weight excluding hydrogens is 240 g/mol. The molecule has 0 saturated carbocycles. The summed E-state index contributed by atoms with van der Waals surface area (Å²) in [6.45, 7) is 4.17. The first-order chi connectivity index (χ1) is 8.67.